The Balaban J connectivity index is 1.34. The van der Waals surface area contributed by atoms with E-state index in [1.165, 1.54) is 5.56 Å². The quantitative estimate of drug-likeness (QED) is 0.454. The van der Waals surface area contributed by atoms with Gasteiger partial charge in [0.05, 0.1) is 30.8 Å². The molecule has 1 aliphatic rings. The monoisotopic (exact) mass is 455 g/mol. The third-order valence-electron chi connectivity index (χ3n) is 6.43. The van der Waals surface area contributed by atoms with Crippen molar-refractivity contribution in [3.05, 3.63) is 83.2 Å². The van der Waals surface area contributed by atoms with Crippen LogP contribution in [0, 0.1) is 13.8 Å². The van der Waals surface area contributed by atoms with Gasteiger partial charge in [0.15, 0.2) is 5.65 Å². The van der Waals surface area contributed by atoms with Gasteiger partial charge in [0.2, 0.25) is 0 Å². The maximum absolute atomic E-state index is 13.5. The van der Waals surface area contributed by atoms with Crippen LogP contribution in [0.25, 0.3) is 11.0 Å². The highest BCUT2D eigenvalue weighted by molar-refractivity contribution is 6.05. The second-order valence-corrected chi connectivity index (χ2v) is 8.81. The fourth-order valence-corrected chi connectivity index (χ4v) is 4.46. The van der Waals surface area contributed by atoms with E-state index in [0.29, 0.717) is 25.2 Å². The number of aryl methyl sites for hydroxylation is 2. The summed E-state index contributed by atoms with van der Waals surface area (Å²) >= 11 is 0. The average Bonchev–Trinajstić information content (AvgIpc) is 3.27. The van der Waals surface area contributed by atoms with E-state index in [4.69, 9.17) is 9.72 Å². The van der Waals surface area contributed by atoms with Crippen LogP contribution in [-0.4, -0.2) is 58.9 Å². The summed E-state index contributed by atoms with van der Waals surface area (Å²) in [6.07, 6.45) is 1.77. The Morgan fingerprint density at radius 3 is 2.35 bits per heavy atom. The molecule has 1 saturated heterocycles. The maximum atomic E-state index is 13.5. The Kier molecular flexibility index (Phi) is 5.92. The van der Waals surface area contributed by atoms with Crippen molar-refractivity contribution in [3.8, 4) is 5.75 Å². The van der Waals surface area contributed by atoms with Crippen LogP contribution >= 0.6 is 0 Å². The van der Waals surface area contributed by atoms with Crippen LogP contribution in [0.3, 0.4) is 0 Å². The summed E-state index contributed by atoms with van der Waals surface area (Å²) in [6, 6.07) is 18.4. The number of carbonyl (C=O) groups is 1. The second-order valence-electron chi connectivity index (χ2n) is 8.81. The SMILES string of the molecule is COc1ccc(N2CCN(C(=O)c3cc(C)nc4c3cnn4Cc3ccc(C)cc3)CC2)cc1. The van der Waals surface area contributed by atoms with Gasteiger partial charge in [-0.2, -0.15) is 5.10 Å². The first kappa shape index (κ1) is 21.9. The predicted molar refractivity (Wildman–Crippen MR) is 134 cm³/mol. The molecule has 0 saturated carbocycles. The number of hydrogen-bond acceptors (Lipinski definition) is 5. The predicted octanol–water partition coefficient (Wildman–Crippen LogP) is 4.07. The number of amides is 1. The Labute approximate surface area is 199 Å². The lowest BCUT2D eigenvalue weighted by Crippen LogP contribution is -2.48. The van der Waals surface area contributed by atoms with Gasteiger partial charge in [-0.15, -0.1) is 0 Å². The number of aromatic nitrogens is 3. The van der Waals surface area contributed by atoms with Gasteiger partial charge in [-0.05, 0) is 49.7 Å². The van der Waals surface area contributed by atoms with Crippen molar-refractivity contribution >= 4 is 22.6 Å². The summed E-state index contributed by atoms with van der Waals surface area (Å²) in [5, 5.41) is 5.38. The van der Waals surface area contributed by atoms with E-state index in [0.717, 1.165) is 46.8 Å². The van der Waals surface area contributed by atoms with E-state index in [9.17, 15) is 4.79 Å². The van der Waals surface area contributed by atoms with Crippen LogP contribution in [0.4, 0.5) is 5.69 Å². The van der Waals surface area contributed by atoms with E-state index in [2.05, 4.69) is 53.3 Å². The molecular weight excluding hydrogens is 426 g/mol. The Morgan fingerprint density at radius 1 is 0.971 bits per heavy atom. The lowest BCUT2D eigenvalue weighted by Gasteiger charge is -2.36. The normalized spacial score (nSPS) is 14.0. The van der Waals surface area contributed by atoms with Gasteiger partial charge >= 0.3 is 0 Å². The molecule has 0 radical (unpaired) electrons. The van der Waals surface area contributed by atoms with Crippen LogP contribution in [0.1, 0.15) is 27.2 Å². The lowest BCUT2D eigenvalue weighted by atomic mass is 10.1. The van der Waals surface area contributed by atoms with Crippen molar-refractivity contribution in [1.82, 2.24) is 19.7 Å². The van der Waals surface area contributed by atoms with Gasteiger partial charge in [-0.3, -0.25) is 4.79 Å². The van der Waals surface area contributed by atoms with Crippen molar-refractivity contribution < 1.29 is 9.53 Å². The van der Waals surface area contributed by atoms with E-state index >= 15 is 0 Å². The molecule has 1 fully saturated rings. The molecule has 1 aliphatic heterocycles. The molecule has 1 amide bonds. The van der Waals surface area contributed by atoms with Crippen LogP contribution in [0.15, 0.2) is 60.8 Å². The highest BCUT2D eigenvalue weighted by atomic mass is 16.5. The zero-order chi connectivity index (χ0) is 23.7. The summed E-state index contributed by atoms with van der Waals surface area (Å²) in [4.78, 5) is 22.5. The van der Waals surface area contributed by atoms with E-state index in [1.54, 1.807) is 13.3 Å². The highest BCUT2D eigenvalue weighted by Gasteiger charge is 2.25. The molecule has 0 aliphatic carbocycles. The van der Waals surface area contributed by atoms with Crippen LogP contribution in [-0.2, 0) is 6.54 Å². The van der Waals surface area contributed by atoms with Crippen molar-refractivity contribution in [2.45, 2.75) is 20.4 Å². The zero-order valence-electron chi connectivity index (χ0n) is 19.9. The summed E-state index contributed by atoms with van der Waals surface area (Å²) in [6.45, 7) is 7.55. The molecule has 2 aromatic heterocycles. The average molecular weight is 456 g/mol. The Hall–Kier alpha value is -3.87. The number of piperazine rings is 1. The molecule has 7 heteroatoms. The lowest BCUT2D eigenvalue weighted by molar-refractivity contribution is 0.0748. The minimum absolute atomic E-state index is 0.0415. The molecule has 4 aromatic rings. The molecule has 34 heavy (non-hydrogen) atoms. The molecule has 5 rings (SSSR count). The number of ether oxygens (including phenoxy) is 1. The highest BCUT2D eigenvalue weighted by Crippen LogP contribution is 2.24. The number of rotatable bonds is 5. The minimum atomic E-state index is 0.0415. The molecule has 0 N–H and O–H groups in total. The maximum Gasteiger partial charge on any atom is 0.254 e. The molecule has 0 spiro atoms. The van der Waals surface area contributed by atoms with Gasteiger partial charge in [0, 0.05) is 37.6 Å². The zero-order valence-corrected chi connectivity index (χ0v) is 19.9. The number of pyridine rings is 1. The number of hydrogen-bond donors (Lipinski definition) is 0. The molecule has 0 unspecified atom stereocenters. The molecule has 0 bridgehead atoms. The van der Waals surface area contributed by atoms with Crippen molar-refractivity contribution in [2.75, 3.05) is 38.2 Å². The van der Waals surface area contributed by atoms with Crippen LogP contribution < -0.4 is 9.64 Å². The first-order chi connectivity index (χ1) is 16.5. The first-order valence-corrected chi connectivity index (χ1v) is 11.6. The number of anilines is 1. The van der Waals surface area contributed by atoms with E-state index < -0.39 is 0 Å². The summed E-state index contributed by atoms with van der Waals surface area (Å²) in [5.41, 5.74) is 5.77. The number of benzene rings is 2. The number of nitrogens with zero attached hydrogens (tertiary/aromatic N) is 5. The fourth-order valence-electron chi connectivity index (χ4n) is 4.46. The van der Waals surface area contributed by atoms with E-state index in [1.807, 2.05) is 34.7 Å². The Morgan fingerprint density at radius 2 is 1.68 bits per heavy atom. The first-order valence-electron chi connectivity index (χ1n) is 11.6. The topological polar surface area (TPSA) is 63.5 Å². The smallest absolute Gasteiger partial charge is 0.254 e. The van der Waals surface area contributed by atoms with Gasteiger partial charge in [0.25, 0.3) is 5.91 Å². The Bertz CT molecular complexity index is 1300. The van der Waals surface area contributed by atoms with Gasteiger partial charge in [-0.1, -0.05) is 29.8 Å². The number of methoxy groups -OCH3 is 1. The summed E-state index contributed by atoms with van der Waals surface area (Å²) in [5.74, 6) is 0.886. The van der Waals surface area contributed by atoms with Crippen LogP contribution in [0.5, 0.6) is 5.75 Å². The third kappa shape index (κ3) is 4.33. The van der Waals surface area contributed by atoms with Crippen molar-refractivity contribution in [1.29, 1.82) is 0 Å². The molecule has 7 nitrogen and oxygen atoms in total. The van der Waals surface area contributed by atoms with Gasteiger partial charge in [0.1, 0.15) is 5.75 Å². The standard InChI is InChI=1S/C27H29N5O2/c1-19-4-6-21(7-5-19)18-32-26-25(17-28-32)24(16-20(2)29-26)27(33)31-14-12-30(13-15-31)22-8-10-23(34-3)11-9-22/h4-11,16-17H,12-15,18H2,1-3H3. The summed E-state index contributed by atoms with van der Waals surface area (Å²) in [7, 11) is 1.67. The van der Waals surface area contributed by atoms with Crippen molar-refractivity contribution in [3.63, 3.8) is 0 Å². The minimum Gasteiger partial charge on any atom is -0.497 e. The van der Waals surface area contributed by atoms with Gasteiger partial charge in [-0.25, -0.2) is 9.67 Å². The fraction of sp³-hybridized carbons (Fsp3) is 0.296. The van der Waals surface area contributed by atoms with Gasteiger partial charge < -0.3 is 14.5 Å². The molecular formula is C27H29N5O2. The van der Waals surface area contributed by atoms with Crippen molar-refractivity contribution in [2.24, 2.45) is 0 Å². The number of carbonyl (C=O) groups excluding carboxylic acids is 1. The molecule has 0 atom stereocenters. The molecule has 2 aromatic carbocycles. The number of fused-ring (bicyclic) bond motifs is 1. The third-order valence-corrected chi connectivity index (χ3v) is 6.43. The largest absolute Gasteiger partial charge is 0.497 e. The van der Waals surface area contributed by atoms with Crippen LogP contribution in [0.2, 0.25) is 0 Å². The second kappa shape index (κ2) is 9.17. The summed E-state index contributed by atoms with van der Waals surface area (Å²) < 4.78 is 7.14. The van der Waals surface area contributed by atoms with E-state index in [-0.39, 0.29) is 5.91 Å². The molecule has 174 valence electrons. The molecule has 3 heterocycles.